The second kappa shape index (κ2) is 5.57. The first-order valence-corrected chi connectivity index (χ1v) is 6.39. The molecule has 2 rings (SSSR count). The van der Waals surface area contributed by atoms with Crippen LogP contribution in [0.4, 0.5) is 10.8 Å². The number of thiazole rings is 1. The molecule has 0 unspecified atom stereocenters. The fourth-order valence-corrected chi connectivity index (χ4v) is 2.17. The summed E-state index contributed by atoms with van der Waals surface area (Å²) in [5, 5.41) is 7.60. The van der Waals surface area contributed by atoms with Crippen molar-refractivity contribution < 1.29 is 9.59 Å². The molecule has 7 heteroatoms. The summed E-state index contributed by atoms with van der Waals surface area (Å²) in [7, 11) is 0. The summed E-state index contributed by atoms with van der Waals surface area (Å²) in [6, 6.07) is 3.51. The van der Waals surface area contributed by atoms with Gasteiger partial charge in [0.25, 0.3) is 0 Å². The maximum atomic E-state index is 10.9. The second-order valence-electron chi connectivity index (χ2n) is 3.83. The number of amides is 2. The summed E-state index contributed by atoms with van der Waals surface area (Å²) >= 11 is 1.33. The van der Waals surface area contributed by atoms with Crippen molar-refractivity contribution in [2.75, 3.05) is 10.6 Å². The lowest BCUT2D eigenvalue weighted by Gasteiger charge is -2.01. The van der Waals surface area contributed by atoms with Crippen LogP contribution in [0.15, 0.2) is 23.7 Å². The third-order valence-electron chi connectivity index (χ3n) is 2.13. The molecule has 0 radical (unpaired) electrons. The predicted molar refractivity (Wildman–Crippen MR) is 74.0 cm³/mol. The lowest BCUT2D eigenvalue weighted by Crippen LogP contribution is -2.06. The molecule has 98 valence electrons. The molecule has 0 fully saturated rings. The second-order valence-corrected chi connectivity index (χ2v) is 4.69. The van der Waals surface area contributed by atoms with Gasteiger partial charge in [-0.05, 0) is 12.1 Å². The molecular weight excluding hydrogens is 264 g/mol. The summed E-state index contributed by atoms with van der Waals surface area (Å²) in [6.45, 7) is 2.87. The summed E-state index contributed by atoms with van der Waals surface area (Å²) in [6.07, 6.45) is 1.56. The number of rotatable bonds is 3. The number of hydrogen-bond donors (Lipinski definition) is 2. The molecule has 0 aromatic carbocycles. The quantitative estimate of drug-likeness (QED) is 0.899. The van der Waals surface area contributed by atoms with E-state index in [2.05, 4.69) is 20.6 Å². The molecule has 19 heavy (non-hydrogen) atoms. The van der Waals surface area contributed by atoms with Crippen LogP contribution in [-0.2, 0) is 9.59 Å². The van der Waals surface area contributed by atoms with Crippen LogP contribution in [0.1, 0.15) is 13.8 Å². The van der Waals surface area contributed by atoms with Gasteiger partial charge in [-0.1, -0.05) is 0 Å². The predicted octanol–water partition coefficient (Wildman–Crippen LogP) is 2.12. The number of hydrogen-bond acceptors (Lipinski definition) is 5. The Kier molecular flexibility index (Phi) is 3.86. The van der Waals surface area contributed by atoms with Gasteiger partial charge in [-0.3, -0.25) is 14.6 Å². The summed E-state index contributed by atoms with van der Waals surface area (Å²) in [5.41, 5.74) is 2.00. The van der Waals surface area contributed by atoms with Gasteiger partial charge in [0.2, 0.25) is 11.8 Å². The van der Waals surface area contributed by atoms with E-state index in [0.717, 1.165) is 0 Å². The summed E-state index contributed by atoms with van der Waals surface area (Å²) < 4.78 is 0. The molecule has 0 atom stereocenters. The first kappa shape index (κ1) is 13.2. The zero-order valence-corrected chi connectivity index (χ0v) is 11.2. The van der Waals surface area contributed by atoms with Gasteiger partial charge in [-0.15, -0.1) is 11.3 Å². The van der Waals surface area contributed by atoms with Crippen molar-refractivity contribution in [2.24, 2.45) is 0 Å². The molecule has 0 aliphatic carbocycles. The largest absolute Gasteiger partial charge is 0.325 e. The minimum Gasteiger partial charge on any atom is -0.325 e. The van der Waals surface area contributed by atoms with Gasteiger partial charge in [0.05, 0.1) is 17.6 Å². The monoisotopic (exact) mass is 276 g/mol. The van der Waals surface area contributed by atoms with E-state index in [0.29, 0.717) is 22.2 Å². The molecule has 0 saturated heterocycles. The Hall–Kier alpha value is -2.28. The first-order valence-electron chi connectivity index (χ1n) is 5.52. The van der Waals surface area contributed by atoms with Gasteiger partial charge in [-0.25, -0.2) is 4.98 Å². The molecule has 0 aliphatic heterocycles. The molecule has 0 aliphatic rings. The van der Waals surface area contributed by atoms with E-state index in [4.69, 9.17) is 0 Å². The van der Waals surface area contributed by atoms with E-state index in [9.17, 15) is 9.59 Å². The highest BCUT2D eigenvalue weighted by Gasteiger charge is 2.07. The Balaban J connectivity index is 2.15. The molecule has 0 spiro atoms. The van der Waals surface area contributed by atoms with Gasteiger partial charge in [0.15, 0.2) is 5.13 Å². The van der Waals surface area contributed by atoms with Crippen LogP contribution < -0.4 is 10.6 Å². The number of anilines is 2. The normalized spacial score (nSPS) is 10.0. The molecule has 2 aromatic rings. The molecule has 2 N–H and O–H groups in total. The molecule has 6 nitrogen and oxygen atoms in total. The van der Waals surface area contributed by atoms with Crippen LogP contribution in [0.3, 0.4) is 0 Å². The van der Waals surface area contributed by atoms with Gasteiger partial charge in [0.1, 0.15) is 5.69 Å². The molecule has 2 amide bonds. The summed E-state index contributed by atoms with van der Waals surface area (Å²) in [4.78, 5) is 30.2. The Morgan fingerprint density at radius 2 is 1.84 bits per heavy atom. The first-order chi connectivity index (χ1) is 9.04. The number of nitrogens with one attached hydrogen (secondary N) is 2. The minimum absolute atomic E-state index is 0.142. The third kappa shape index (κ3) is 3.59. The molecule has 2 heterocycles. The van der Waals surface area contributed by atoms with Crippen LogP contribution in [0.5, 0.6) is 0 Å². The van der Waals surface area contributed by atoms with Gasteiger partial charge >= 0.3 is 0 Å². The average Bonchev–Trinajstić information content (AvgIpc) is 2.76. The molecule has 0 bridgehead atoms. The minimum atomic E-state index is -0.158. The van der Waals surface area contributed by atoms with Crippen molar-refractivity contribution in [2.45, 2.75) is 13.8 Å². The SMILES string of the molecule is CC(=O)Nc1ccc(-c2csc(NC(C)=O)n2)nc1. The molecule has 0 saturated carbocycles. The lowest BCUT2D eigenvalue weighted by molar-refractivity contribution is -0.115. The average molecular weight is 276 g/mol. The van der Waals surface area contributed by atoms with Crippen molar-refractivity contribution in [1.82, 2.24) is 9.97 Å². The van der Waals surface area contributed by atoms with E-state index in [-0.39, 0.29) is 11.8 Å². The van der Waals surface area contributed by atoms with Crippen molar-refractivity contribution in [1.29, 1.82) is 0 Å². The highest BCUT2D eigenvalue weighted by atomic mass is 32.1. The van der Waals surface area contributed by atoms with E-state index < -0.39 is 0 Å². The van der Waals surface area contributed by atoms with Crippen LogP contribution in [0.25, 0.3) is 11.4 Å². The molecule has 2 aromatic heterocycles. The zero-order valence-electron chi connectivity index (χ0n) is 10.4. The van der Waals surface area contributed by atoms with Crippen LogP contribution in [0.2, 0.25) is 0 Å². The van der Waals surface area contributed by atoms with Crippen LogP contribution >= 0.6 is 11.3 Å². The number of aromatic nitrogens is 2. The highest BCUT2D eigenvalue weighted by molar-refractivity contribution is 7.14. The topological polar surface area (TPSA) is 84.0 Å². The Morgan fingerprint density at radius 3 is 2.42 bits per heavy atom. The van der Waals surface area contributed by atoms with Crippen molar-refractivity contribution in [3.05, 3.63) is 23.7 Å². The van der Waals surface area contributed by atoms with Crippen molar-refractivity contribution in [3.63, 3.8) is 0 Å². The van der Waals surface area contributed by atoms with E-state index >= 15 is 0 Å². The lowest BCUT2D eigenvalue weighted by atomic mass is 10.3. The number of pyridine rings is 1. The smallest absolute Gasteiger partial charge is 0.223 e. The zero-order chi connectivity index (χ0) is 13.8. The number of nitrogens with zero attached hydrogens (tertiary/aromatic N) is 2. The Labute approximate surface area is 113 Å². The Bertz CT molecular complexity index is 606. The fraction of sp³-hybridized carbons (Fsp3) is 0.167. The van der Waals surface area contributed by atoms with E-state index in [1.165, 1.54) is 25.2 Å². The fourth-order valence-electron chi connectivity index (χ4n) is 1.42. The van der Waals surface area contributed by atoms with Crippen molar-refractivity contribution >= 4 is 34.0 Å². The van der Waals surface area contributed by atoms with Gasteiger partial charge < -0.3 is 10.6 Å². The summed E-state index contributed by atoms with van der Waals surface area (Å²) in [5.74, 6) is -0.300. The van der Waals surface area contributed by atoms with Gasteiger partial charge in [0, 0.05) is 19.2 Å². The van der Waals surface area contributed by atoms with Crippen LogP contribution in [-0.4, -0.2) is 21.8 Å². The van der Waals surface area contributed by atoms with E-state index in [1.807, 2.05) is 5.38 Å². The van der Waals surface area contributed by atoms with E-state index in [1.54, 1.807) is 18.3 Å². The number of carbonyl (C=O) groups is 2. The number of carbonyl (C=O) groups excluding carboxylic acids is 2. The van der Waals surface area contributed by atoms with Crippen molar-refractivity contribution in [3.8, 4) is 11.4 Å². The maximum Gasteiger partial charge on any atom is 0.223 e. The molecular formula is C12H12N4O2S. The highest BCUT2D eigenvalue weighted by Crippen LogP contribution is 2.24. The standard InChI is InChI=1S/C12H12N4O2S/c1-7(17)14-9-3-4-10(13-5-9)11-6-19-12(16-11)15-8(2)18/h3-6H,1-2H3,(H,14,17)(H,15,16,18). The Morgan fingerprint density at radius 1 is 1.11 bits per heavy atom. The third-order valence-corrected chi connectivity index (χ3v) is 2.89. The maximum absolute atomic E-state index is 10.9. The van der Waals surface area contributed by atoms with Gasteiger partial charge in [-0.2, -0.15) is 0 Å². The van der Waals surface area contributed by atoms with Crippen LogP contribution in [0, 0.1) is 0 Å².